The molecule has 0 unspecified atom stereocenters. The summed E-state index contributed by atoms with van der Waals surface area (Å²) in [6, 6.07) is 8.59. The van der Waals surface area contributed by atoms with Crippen molar-refractivity contribution in [2.45, 2.75) is 31.7 Å². The molecule has 166 valence electrons. The van der Waals surface area contributed by atoms with Crippen LogP contribution in [-0.2, 0) is 0 Å². The van der Waals surface area contributed by atoms with Crippen LogP contribution >= 0.6 is 0 Å². The maximum absolute atomic E-state index is 9.70. The predicted octanol–water partition coefficient (Wildman–Crippen LogP) is 3.51. The number of nitrogens with one attached hydrogen (secondary N) is 2. The van der Waals surface area contributed by atoms with E-state index in [0.29, 0.717) is 23.5 Å². The number of fused-ring (bicyclic) bond motifs is 3. The Bertz CT molecular complexity index is 1340. The summed E-state index contributed by atoms with van der Waals surface area (Å²) in [5.41, 5.74) is 3.27. The van der Waals surface area contributed by atoms with Gasteiger partial charge < -0.3 is 20.1 Å². The largest absolute Gasteiger partial charge is 0.368 e. The number of rotatable bonds is 4. The fraction of sp³-hybridized carbons (Fsp3) is 0.375. The second kappa shape index (κ2) is 8.30. The molecule has 0 radical (unpaired) electrons. The van der Waals surface area contributed by atoms with Gasteiger partial charge in [0.25, 0.3) is 0 Å². The zero-order valence-electron chi connectivity index (χ0n) is 18.3. The van der Waals surface area contributed by atoms with E-state index in [9.17, 15) is 5.26 Å². The van der Waals surface area contributed by atoms with Crippen LogP contribution in [0.15, 0.2) is 36.8 Å². The van der Waals surface area contributed by atoms with Gasteiger partial charge in [-0.1, -0.05) is 12.8 Å². The summed E-state index contributed by atoms with van der Waals surface area (Å²) >= 11 is 0. The van der Waals surface area contributed by atoms with Crippen LogP contribution in [0.5, 0.6) is 0 Å². The first-order valence-electron chi connectivity index (χ1n) is 11.6. The number of hydrogen-bond donors (Lipinski definition) is 2. The fourth-order valence-corrected chi connectivity index (χ4v) is 5.11. The van der Waals surface area contributed by atoms with E-state index in [1.165, 1.54) is 12.8 Å². The molecule has 1 aliphatic heterocycles. The van der Waals surface area contributed by atoms with Crippen molar-refractivity contribution in [3.8, 4) is 6.07 Å². The van der Waals surface area contributed by atoms with E-state index in [1.54, 1.807) is 6.20 Å². The smallest absolute Gasteiger partial charge is 0.230 e. The summed E-state index contributed by atoms with van der Waals surface area (Å²) in [7, 11) is 0. The highest BCUT2D eigenvalue weighted by Crippen LogP contribution is 2.38. The number of anilines is 3. The van der Waals surface area contributed by atoms with E-state index >= 15 is 0 Å². The van der Waals surface area contributed by atoms with Crippen LogP contribution in [0, 0.1) is 11.3 Å². The number of pyridine rings is 2. The van der Waals surface area contributed by atoms with Crippen LogP contribution in [0.3, 0.4) is 0 Å². The summed E-state index contributed by atoms with van der Waals surface area (Å²) in [4.78, 5) is 20.7. The van der Waals surface area contributed by atoms with Crippen LogP contribution in [0.4, 0.5) is 17.5 Å². The third kappa shape index (κ3) is 3.52. The molecule has 4 aromatic rings. The van der Waals surface area contributed by atoms with Gasteiger partial charge in [-0.05, 0) is 31.0 Å². The minimum atomic E-state index is 0.320. The Morgan fingerprint density at radius 2 is 1.85 bits per heavy atom. The minimum Gasteiger partial charge on any atom is -0.368 e. The number of hydrogen-bond acceptors (Lipinski definition) is 8. The van der Waals surface area contributed by atoms with Crippen molar-refractivity contribution < 1.29 is 0 Å². The molecule has 33 heavy (non-hydrogen) atoms. The number of nitriles is 1. The topological polar surface area (TPSA) is 108 Å². The number of piperazine rings is 1. The Kier molecular flexibility index (Phi) is 5.00. The van der Waals surface area contributed by atoms with E-state index in [4.69, 9.17) is 4.98 Å². The second-order valence-electron chi connectivity index (χ2n) is 8.67. The van der Waals surface area contributed by atoms with Gasteiger partial charge in [-0.25, -0.2) is 15.0 Å². The Hall–Kier alpha value is -3.77. The summed E-state index contributed by atoms with van der Waals surface area (Å²) in [5, 5.41) is 18.3. The van der Waals surface area contributed by atoms with Crippen LogP contribution < -0.4 is 15.5 Å². The monoisotopic (exact) mass is 439 g/mol. The summed E-state index contributed by atoms with van der Waals surface area (Å²) in [5.74, 6) is 1.20. The average molecular weight is 440 g/mol. The third-order valence-corrected chi connectivity index (χ3v) is 6.72. The van der Waals surface area contributed by atoms with Gasteiger partial charge in [-0.3, -0.25) is 0 Å². The molecule has 2 fully saturated rings. The van der Waals surface area contributed by atoms with Crippen molar-refractivity contribution in [1.29, 1.82) is 5.26 Å². The number of nitrogens with zero attached hydrogens (tertiary/aromatic N) is 7. The minimum absolute atomic E-state index is 0.320. The van der Waals surface area contributed by atoms with Crippen LogP contribution in [0.1, 0.15) is 37.4 Å². The Morgan fingerprint density at radius 3 is 2.61 bits per heavy atom. The molecular weight excluding hydrogens is 414 g/mol. The second-order valence-corrected chi connectivity index (χ2v) is 8.67. The quantitative estimate of drug-likeness (QED) is 0.497. The molecule has 0 bridgehead atoms. The highest BCUT2D eigenvalue weighted by molar-refractivity contribution is 6.08. The molecule has 9 nitrogen and oxygen atoms in total. The highest BCUT2D eigenvalue weighted by atomic mass is 15.2. The van der Waals surface area contributed by atoms with E-state index in [0.717, 1.165) is 66.6 Å². The molecule has 0 spiro atoms. The zero-order chi connectivity index (χ0) is 22.2. The Morgan fingerprint density at radius 1 is 1.00 bits per heavy atom. The van der Waals surface area contributed by atoms with E-state index in [-0.39, 0.29) is 0 Å². The molecule has 1 aliphatic carbocycles. The van der Waals surface area contributed by atoms with Gasteiger partial charge in [0.05, 0.1) is 17.4 Å². The van der Waals surface area contributed by atoms with Crippen molar-refractivity contribution in [2.24, 2.45) is 0 Å². The van der Waals surface area contributed by atoms with Gasteiger partial charge in [0.1, 0.15) is 17.5 Å². The van der Waals surface area contributed by atoms with Crippen LogP contribution in [0.2, 0.25) is 0 Å². The van der Waals surface area contributed by atoms with Crippen LogP contribution in [-0.4, -0.2) is 50.7 Å². The molecular formula is C24H25N9. The summed E-state index contributed by atoms with van der Waals surface area (Å²) < 4.78 is 2.22. The van der Waals surface area contributed by atoms with Crippen molar-refractivity contribution >= 4 is 39.4 Å². The zero-order valence-corrected chi connectivity index (χ0v) is 18.3. The molecule has 1 saturated heterocycles. The lowest BCUT2D eigenvalue weighted by atomic mass is 10.2. The lowest BCUT2D eigenvalue weighted by Crippen LogP contribution is -2.43. The fourth-order valence-electron chi connectivity index (χ4n) is 5.11. The number of aromatic nitrogens is 5. The third-order valence-electron chi connectivity index (χ3n) is 6.72. The molecule has 0 atom stereocenters. The maximum Gasteiger partial charge on any atom is 0.230 e. The molecule has 1 saturated carbocycles. The molecule has 9 heteroatoms. The molecule has 2 N–H and O–H groups in total. The molecule has 2 aliphatic rings. The molecule has 0 amide bonds. The maximum atomic E-state index is 9.70. The van der Waals surface area contributed by atoms with Crippen LogP contribution in [0.25, 0.3) is 21.9 Å². The summed E-state index contributed by atoms with van der Waals surface area (Å²) in [6.07, 6.45) is 9.97. The lowest BCUT2D eigenvalue weighted by molar-refractivity contribution is 0.546. The van der Waals surface area contributed by atoms with E-state index < -0.39 is 0 Å². The van der Waals surface area contributed by atoms with Gasteiger partial charge >= 0.3 is 0 Å². The van der Waals surface area contributed by atoms with Gasteiger partial charge in [-0.15, -0.1) is 0 Å². The van der Waals surface area contributed by atoms with Gasteiger partial charge in [0, 0.05) is 55.4 Å². The Labute approximate surface area is 191 Å². The summed E-state index contributed by atoms with van der Waals surface area (Å²) in [6.45, 7) is 3.96. The first-order chi connectivity index (χ1) is 16.3. The normalized spacial score (nSPS) is 17.0. The molecule has 0 aromatic carbocycles. The lowest BCUT2D eigenvalue weighted by Gasteiger charge is -2.29. The Balaban J connectivity index is 1.38. The van der Waals surface area contributed by atoms with Crippen molar-refractivity contribution in [2.75, 3.05) is 36.4 Å². The van der Waals surface area contributed by atoms with Crippen molar-refractivity contribution in [1.82, 2.24) is 29.8 Å². The van der Waals surface area contributed by atoms with E-state index in [1.807, 2.05) is 24.5 Å². The standard InChI is InChI=1S/C24H25N9/c25-13-20-22-18(7-8-27-20)19-15-29-24(31-23(19)33(22)16-3-1-2-4-16)30-21-6-5-17(14-28-21)32-11-9-26-10-12-32/h5-8,14-16,26H,1-4,9-12H2,(H,28,29,30,31). The van der Waals surface area contributed by atoms with Crippen molar-refractivity contribution in [3.63, 3.8) is 0 Å². The molecule has 5 heterocycles. The molecule has 6 rings (SSSR count). The van der Waals surface area contributed by atoms with Gasteiger partial charge in [0.2, 0.25) is 5.95 Å². The van der Waals surface area contributed by atoms with Gasteiger partial charge in [0.15, 0.2) is 5.69 Å². The predicted molar refractivity (Wildman–Crippen MR) is 128 cm³/mol. The molecule has 4 aromatic heterocycles. The van der Waals surface area contributed by atoms with E-state index in [2.05, 4.69) is 47.2 Å². The van der Waals surface area contributed by atoms with Gasteiger partial charge in [-0.2, -0.15) is 10.2 Å². The van der Waals surface area contributed by atoms with Crippen molar-refractivity contribution in [3.05, 3.63) is 42.5 Å². The SMILES string of the molecule is N#Cc1nccc2c3cnc(Nc4ccc(N5CCNCC5)cn4)nc3n(C3CCCC3)c12. The highest BCUT2D eigenvalue weighted by Gasteiger charge is 2.25. The first kappa shape index (κ1) is 19.9. The average Bonchev–Trinajstić information content (AvgIpc) is 3.51. The first-order valence-corrected chi connectivity index (χ1v) is 11.6.